The predicted octanol–water partition coefficient (Wildman–Crippen LogP) is 3.64. The quantitative estimate of drug-likeness (QED) is 0.545. The Hall–Kier alpha value is -3.82. The predicted molar refractivity (Wildman–Crippen MR) is 102 cm³/mol. The molecule has 0 unspecified atom stereocenters. The number of carbonyl (C=O) groups is 2. The van der Waals surface area contributed by atoms with Crippen LogP contribution in [0.4, 0.5) is 13.2 Å². The zero-order chi connectivity index (χ0) is 22.3. The minimum absolute atomic E-state index is 0.121. The van der Waals surface area contributed by atoms with Crippen molar-refractivity contribution in [2.45, 2.75) is 19.3 Å². The number of halogens is 3. The summed E-state index contributed by atoms with van der Waals surface area (Å²) < 4.78 is 51.4. The Bertz CT molecular complexity index is 1030. The number of carbonyl (C=O) groups excluding carboxylic acids is 2. The molecule has 31 heavy (non-hydrogen) atoms. The van der Waals surface area contributed by atoms with Crippen LogP contribution in [0, 0.1) is 0 Å². The largest absolute Gasteiger partial charge is 0.573 e. The lowest BCUT2D eigenvalue weighted by Crippen LogP contribution is -2.29. The molecule has 10 heteroatoms. The van der Waals surface area contributed by atoms with Gasteiger partial charge in [0.1, 0.15) is 12.0 Å². The van der Waals surface area contributed by atoms with E-state index in [2.05, 4.69) is 15.0 Å². The Balaban J connectivity index is 1.45. The molecular formula is C21H17F3N2O5. The lowest BCUT2D eigenvalue weighted by atomic mass is 10.2. The van der Waals surface area contributed by atoms with Gasteiger partial charge >= 0.3 is 12.3 Å². The van der Waals surface area contributed by atoms with Crippen molar-refractivity contribution in [3.63, 3.8) is 0 Å². The maximum atomic E-state index is 12.4. The summed E-state index contributed by atoms with van der Waals surface area (Å²) in [6, 6.07) is 14.5. The fourth-order valence-electron chi connectivity index (χ4n) is 2.57. The first kappa shape index (κ1) is 21.9. The summed E-state index contributed by atoms with van der Waals surface area (Å²) >= 11 is 0. The van der Waals surface area contributed by atoms with Gasteiger partial charge in [0, 0.05) is 17.7 Å². The number of para-hydroxylation sites is 1. The molecule has 0 saturated carbocycles. The summed E-state index contributed by atoms with van der Waals surface area (Å²) in [6.45, 7) is -0.823. The van der Waals surface area contributed by atoms with E-state index in [1.165, 1.54) is 24.5 Å². The Morgan fingerprint density at radius 2 is 1.74 bits per heavy atom. The maximum absolute atomic E-state index is 12.4. The molecule has 0 saturated heterocycles. The highest BCUT2D eigenvalue weighted by Gasteiger charge is 2.32. The Morgan fingerprint density at radius 3 is 2.48 bits per heavy atom. The van der Waals surface area contributed by atoms with E-state index in [4.69, 9.17) is 9.15 Å². The van der Waals surface area contributed by atoms with Crippen LogP contribution >= 0.6 is 0 Å². The fourth-order valence-corrected chi connectivity index (χ4v) is 2.57. The molecule has 162 valence electrons. The molecule has 0 aliphatic heterocycles. The number of hydrogen-bond donors (Lipinski definition) is 1. The standard InChI is InChI=1S/C21H17F3N2O5/c22-21(23,24)31-17-9-5-4-8-15(17)11-25-18(27)13-29-19(28)10-16-12-30-20(26-16)14-6-2-1-3-7-14/h1-9,12H,10-11,13H2,(H,25,27). The van der Waals surface area contributed by atoms with Gasteiger partial charge in [-0.05, 0) is 18.2 Å². The second-order valence-corrected chi connectivity index (χ2v) is 6.28. The number of esters is 1. The summed E-state index contributed by atoms with van der Waals surface area (Å²) in [4.78, 5) is 28.0. The van der Waals surface area contributed by atoms with E-state index in [0.717, 1.165) is 11.6 Å². The molecule has 0 fully saturated rings. The van der Waals surface area contributed by atoms with Gasteiger partial charge in [-0.3, -0.25) is 9.59 Å². The molecule has 3 aromatic rings. The van der Waals surface area contributed by atoms with Gasteiger partial charge in [-0.2, -0.15) is 0 Å². The molecule has 1 amide bonds. The van der Waals surface area contributed by atoms with Crippen molar-refractivity contribution >= 4 is 11.9 Å². The van der Waals surface area contributed by atoms with Crippen molar-refractivity contribution in [1.29, 1.82) is 0 Å². The number of hydrogen-bond acceptors (Lipinski definition) is 6. The molecule has 0 aliphatic carbocycles. The van der Waals surface area contributed by atoms with Gasteiger partial charge in [0.2, 0.25) is 5.89 Å². The zero-order valence-corrected chi connectivity index (χ0v) is 16.0. The van der Waals surface area contributed by atoms with E-state index < -0.39 is 30.6 Å². The van der Waals surface area contributed by atoms with Gasteiger partial charge in [0.25, 0.3) is 5.91 Å². The van der Waals surface area contributed by atoms with E-state index in [1.54, 1.807) is 12.1 Å². The van der Waals surface area contributed by atoms with Crippen molar-refractivity contribution in [3.8, 4) is 17.2 Å². The van der Waals surface area contributed by atoms with Crippen molar-refractivity contribution in [2.75, 3.05) is 6.61 Å². The average Bonchev–Trinajstić information content (AvgIpc) is 3.19. The van der Waals surface area contributed by atoms with Gasteiger partial charge in [-0.15, -0.1) is 13.2 Å². The molecule has 0 spiro atoms. The number of oxazole rings is 1. The second kappa shape index (κ2) is 9.79. The third-order valence-corrected chi connectivity index (χ3v) is 3.94. The van der Waals surface area contributed by atoms with Crippen LogP contribution in [0.15, 0.2) is 65.3 Å². The van der Waals surface area contributed by atoms with E-state index in [-0.39, 0.29) is 18.5 Å². The van der Waals surface area contributed by atoms with Gasteiger partial charge in [0.05, 0.1) is 12.1 Å². The molecule has 0 bridgehead atoms. The minimum Gasteiger partial charge on any atom is -0.455 e. The monoisotopic (exact) mass is 434 g/mol. The Labute approximate surface area is 174 Å². The summed E-state index contributed by atoms with van der Waals surface area (Å²) in [6.07, 6.45) is -3.73. The molecule has 1 aromatic heterocycles. The van der Waals surface area contributed by atoms with Crippen LogP contribution in [-0.2, 0) is 27.3 Å². The first-order valence-electron chi connectivity index (χ1n) is 9.06. The number of nitrogens with one attached hydrogen (secondary N) is 1. The molecule has 3 rings (SSSR count). The third-order valence-electron chi connectivity index (χ3n) is 3.94. The normalized spacial score (nSPS) is 11.1. The SMILES string of the molecule is O=C(COC(=O)Cc1coc(-c2ccccc2)n1)NCc1ccccc1OC(F)(F)F. The van der Waals surface area contributed by atoms with Crippen molar-refractivity contribution in [3.05, 3.63) is 72.1 Å². The van der Waals surface area contributed by atoms with Crippen molar-refractivity contribution in [2.24, 2.45) is 0 Å². The van der Waals surface area contributed by atoms with Crippen LogP contribution in [0.1, 0.15) is 11.3 Å². The number of rotatable bonds is 8. The van der Waals surface area contributed by atoms with Gasteiger partial charge < -0.3 is 19.2 Å². The first-order valence-corrected chi connectivity index (χ1v) is 9.06. The van der Waals surface area contributed by atoms with Gasteiger partial charge in [-0.25, -0.2) is 4.98 Å². The topological polar surface area (TPSA) is 90.7 Å². The van der Waals surface area contributed by atoms with Crippen LogP contribution in [0.2, 0.25) is 0 Å². The lowest BCUT2D eigenvalue weighted by Gasteiger charge is -2.13. The van der Waals surface area contributed by atoms with Crippen LogP contribution in [0.3, 0.4) is 0 Å². The summed E-state index contributed by atoms with van der Waals surface area (Å²) in [5.41, 5.74) is 1.20. The highest BCUT2D eigenvalue weighted by atomic mass is 19.4. The minimum atomic E-state index is -4.85. The Morgan fingerprint density at radius 1 is 1.03 bits per heavy atom. The fraction of sp³-hybridized carbons (Fsp3) is 0.190. The third kappa shape index (κ3) is 6.88. The highest BCUT2D eigenvalue weighted by Crippen LogP contribution is 2.26. The van der Waals surface area contributed by atoms with Crippen LogP contribution in [0.25, 0.3) is 11.5 Å². The summed E-state index contributed by atoms with van der Waals surface area (Å²) in [5.74, 6) is -1.46. The number of ether oxygens (including phenoxy) is 2. The summed E-state index contributed by atoms with van der Waals surface area (Å²) in [5, 5.41) is 2.37. The van der Waals surface area contributed by atoms with Crippen LogP contribution < -0.4 is 10.1 Å². The van der Waals surface area contributed by atoms with Crippen LogP contribution in [0.5, 0.6) is 5.75 Å². The molecule has 2 aromatic carbocycles. The average molecular weight is 434 g/mol. The van der Waals surface area contributed by atoms with E-state index in [9.17, 15) is 22.8 Å². The molecule has 7 nitrogen and oxygen atoms in total. The number of alkyl halides is 3. The first-order chi connectivity index (χ1) is 14.8. The molecule has 0 atom stereocenters. The second-order valence-electron chi connectivity index (χ2n) is 6.28. The van der Waals surface area contributed by atoms with E-state index in [0.29, 0.717) is 11.6 Å². The zero-order valence-electron chi connectivity index (χ0n) is 16.0. The number of amides is 1. The number of benzene rings is 2. The molecular weight excluding hydrogens is 417 g/mol. The number of aromatic nitrogens is 1. The highest BCUT2D eigenvalue weighted by molar-refractivity contribution is 5.81. The van der Waals surface area contributed by atoms with Gasteiger partial charge in [0.15, 0.2) is 6.61 Å². The molecule has 1 heterocycles. The Kier molecular flexibility index (Phi) is 6.91. The smallest absolute Gasteiger partial charge is 0.455 e. The summed E-state index contributed by atoms with van der Waals surface area (Å²) in [7, 11) is 0. The van der Waals surface area contributed by atoms with Gasteiger partial charge in [-0.1, -0.05) is 36.4 Å². The van der Waals surface area contributed by atoms with Crippen molar-refractivity contribution < 1.29 is 36.7 Å². The molecule has 0 radical (unpaired) electrons. The van der Waals surface area contributed by atoms with E-state index >= 15 is 0 Å². The van der Waals surface area contributed by atoms with E-state index in [1.807, 2.05) is 18.2 Å². The lowest BCUT2D eigenvalue weighted by molar-refractivity contribution is -0.274. The molecule has 1 N–H and O–H groups in total. The maximum Gasteiger partial charge on any atom is 0.573 e. The van der Waals surface area contributed by atoms with Crippen LogP contribution in [-0.4, -0.2) is 29.8 Å². The van der Waals surface area contributed by atoms with Crippen molar-refractivity contribution in [1.82, 2.24) is 10.3 Å². The number of nitrogens with zero attached hydrogens (tertiary/aromatic N) is 1. The molecule has 0 aliphatic rings.